The maximum atomic E-state index is 12.3. The minimum atomic E-state index is -0.118. The van der Waals surface area contributed by atoms with Crippen molar-refractivity contribution in [3.05, 3.63) is 64.6 Å². The first-order valence-corrected chi connectivity index (χ1v) is 8.36. The summed E-state index contributed by atoms with van der Waals surface area (Å²) in [6.07, 6.45) is 2.61. The van der Waals surface area contributed by atoms with Gasteiger partial charge in [0.2, 0.25) is 0 Å². The number of amides is 1. The van der Waals surface area contributed by atoms with Crippen LogP contribution >= 0.6 is 11.3 Å². The Morgan fingerprint density at radius 2 is 2.04 bits per heavy atom. The number of hydrogen-bond acceptors (Lipinski definition) is 4. The predicted molar refractivity (Wildman–Crippen MR) is 91.5 cm³/mol. The van der Waals surface area contributed by atoms with Gasteiger partial charge in [0.1, 0.15) is 15.6 Å². The first-order valence-electron chi connectivity index (χ1n) is 7.54. The van der Waals surface area contributed by atoms with Crippen LogP contribution in [0.2, 0.25) is 0 Å². The molecule has 1 N–H and O–H groups in total. The number of benzene rings is 1. The van der Waals surface area contributed by atoms with E-state index in [4.69, 9.17) is 4.42 Å². The molecule has 0 fully saturated rings. The van der Waals surface area contributed by atoms with Gasteiger partial charge >= 0.3 is 0 Å². The van der Waals surface area contributed by atoms with Crippen LogP contribution in [0.15, 0.2) is 47.1 Å². The third-order valence-electron chi connectivity index (χ3n) is 3.62. The van der Waals surface area contributed by atoms with Crippen LogP contribution in [0.25, 0.3) is 10.6 Å². The molecule has 3 aromatic rings. The number of hydrogen-bond donors (Lipinski definition) is 1. The molecule has 1 amide bonds. The summed E-state index contributed by atoms with van der Waals surface area (Å²) in [5.41, 5.74) is 3.08. The molecule has 118 valence electrons. The molecule has 0 bridgehead atoms. The van der Waals surface area contributed by atoms with Crippen molar-refractivity contribution in [2.24, 2.45) is 0 Å². The Balaban J connectivity index is 1.75. The van der Waals surface area contributed by atoms with Gasteiger partial charge in [-0.15, -0.1) is 11.3 Å². The van der Waals surface area contributed by atoms with E-state index in [0.717, 1.165) is 28.4 Å². The molecule has 0 saturated carbocycles. The van der Waals surface area contributed by atoms with Crippen LogP contribution in [0, 0.1) is 6.92 Å². The van der Waals surface area contributed by atoms with Gasteiger partial charge in [-0.3, -0.25) is 4.79 Å². The summed E-state index contributed by atoms with van der Waals surface area (Å²) < 4.78 is 5.22. The second-order valence-corrected chi connectivity index (χ2v) is 6.25. The van der Waals surface area contributed by atoms with Crippen molar-refractivity contribution in [1.29, 1.82) is 0 Å². The molecule has 0 radical (unpaired) electrons. The van der Waals surface area contributed by atoms with Crippen molar-refractivity contribution < 1.29 is 9.21 Å². The highest BCUT2D eigenvalue weighted by Gasteiger charge is 2.16. The molecule has 0 aliphatic rings. The van der Waals surface area contributed by atoms with Crippen LogP contribution in [-0.2, 0) is 13.0 Å². The monoisotopic (exact) mass is 326 g/mol. The number of furan rings is 1. The Morgan fingerprint density at radius 3 is 2.70 bits per heavy atom. The van der Waals surface area contributed by atoms with Crippen LogP contribution in [-0.4, -0.2) is 10.9 Å². The first-order chi connectivity index (χ1) is 11.2. The Hall–Kier alpha value is -2.40. The summed E-state index contributed by atoms with van der Waals surface area (Å²) in [6, 6.07) is 12.0. The minimum absolute atomic E-state index is 0.118. The van der Waals surface area contributed by atoms with E-state index in [1.165, 1.54) is 16.9 Å². The number of carbonyl (C=O) groups is 1. The van der Waals surface area contributed by atoms with Crippen molar-refractivity contribution in [1.82, 2.24) is 10.3 Å². The standard InChI is InChI=1S/C18H18N2O2S/c1-3-13-6-8-14(9-7-13)18-20-12(2)16(23-18)17(21)19-11-15-5-4-10-22-15/h4-10H,3,11H2,1-2H3,(H,19,21). The Kier molecular flexibility index (Phi) is 4.57. The molecule has 0 atom stereocenters. The van der Waals surface area contributed by atoms with Gasteiger partial charge in [-0.1, -0.05) is 31.2 Å². The average molecular weight is 326 g/mol. The smallest absolute Gasteiger partial charge is 0.263 e. The Bertz CT molecular complexity index is 789. The predicted octanol–water partition coefficient (Wildman–Crippen LogP) is 4.20. The molecule has 0 aliphatic carbocycles. The lowest BCUT2D eigenvalue weighted by Crippen LogP contribution is -2.22. The van der Waals surface area contributed by atoms with Gasteiger partial charge in [0, 0.05) is 5.56 Å². The number of nitrogens with zero attached hydrogens (tertiary/aromatic N) is 1. The van der Waals surface area contributed by atoms with E-state index < -0.39 is 0 Å². The lowest BCUT2D eigenvalue weighted by Gasteiger charge is -2.01. The molecule has 0 aliphatic heterocycles. The molecule has 2 aromatic heterocycles. The van der Waals surface area contributed by atoms with Gasteiger partial charge in [-0.2, -0.15) is 0 Å². The molecule has 23 heavy (non-hydrogen) atoms. The summed E-state index contributed by atoms with van der Waals surface area (Å²) in [5.74, 6) is 0.615. The first kappa shape index (κ1) is 15.5. The lowest BCUT2D eigenvalue weighted by molar-refractivity contribution is 0.0951. The van der Waals surface area contributed by atoms with Gasteiger partial charge in [-0.05, 0) is 31.0 Å². The fraction of sp³-hybridized carbons (Fsp3) is 0.222. The molecule has 2 heterocycles. The van der Waals surface area contributed by atoms with Crippen molar-refractivity contribution in [3.63, 3.8) is 0 Å². The SMILES string of the molecule is CCc1ccc(-c2nc(C)c(C(=O)NCc3ccco3)s2)cc1. The third-order valence-corrected chi connectivity index (χ3v) is 4.82. The number of aromatic nitrogens is 1. The summed E-state index contributed by atoms with van der Waals surface area (Å²) in [4.78, 5) is 17.5. The van der Waals surface area contributed by atoms with Gasteiger partial charge in [0.05, 0.1) is 18.5 Å². The zero-order valence-electron chi connectivity index (χ0n) is 13.1. The molecular weight excluding hydrogens is 308 g/mol. The number of nitrogens with one attached hydrogen (secondary N) is 1. The minimum Gasteiger partial charge on any atom is -0.467 e. The van der Waals surface area contributed by atoms with Gasteiger partial charge in [0.15, 0.2) is 0 Å². The summed E-state index contributed by atoms with van der Waals surface area (Å²) in [7, 11) is 0. The molecule has 1 aromatic carbocycles. The molecule has 0 spiro atoms. The van der Waals surface area contributed by atoms with E-state index in [-0.39, 0.29) is 5.91 Å². The molecule has 3 rings (SSSR count). The topological polar surface area (TPSA) is 55.1 Å². The van der Waals surface area contributed by atoms with E-state index in [9.17, 15) is 4.79 Å². The van der Waals surface area contributed by atoms with Crippen LogP contribution in [0.3, 0.4) is 0 Å². The van der Waals surface area contributed by atoms with Crippen molar-refractivity contribution in [2.75, 3.05) is 0 Å². The highest BCUT2D eigenvalue weighted by molar-refractivity contribution is 7.17. The fourth-order valence-electron chi connectivity index (χ4n) is 2.27. The fourth-order valence-corrected chi connectivity index (χ4v) is 3.26. The highest BCUT2D eigenvalue weighted by Crippen LogP contribution is 2.28. The second kappa shape index (κ2) is 6.79. The number of rotatable bonds is 5. The van der Waals surface area contributed by atoms with Crippen LogP contribution in [0.5, 0.6) is 0 Å². The quantitative estimate of drug-likeness (QED) is 0.764. The maximum Gasteiger partial charge on any atom is 0.263 e. The van der Waals surface area contributed by atoms with E-state index in [0.29, 0.717) is 11.4 Å². The van der Waals surface area contributed by atoms with Crippen molar-refractivity contribution in [3.8, 4) is 10.6 Å². The Morgan fingerprint density at radius 1 is 1.26 bits per heavy atom. The summed E-state index contributed by atoms with van der Waals surface area (Å²) >= 11 is 1.42. The van der Waals surface area contributed by atoms with Crippen LogP contribution < -0.4 is 5.32 Å². The van der Waals surface area contributed by atoms with E-state index >= 15 is 0 Å². The molecule has 0 unspecified atom stereocenters. The van der Waals surface area contributed by atoms with Gasteiger partial charge < -0.3 is 9.73 Å². The zero-order chi connectivity index (χ0) is 16.2. The summed E-state index contributed by atoms with van der Waals surface area (Å²) in [6.45, 7) is 4.37. The van der Waals surface area contributed by atoms with Crippen LogP contribution in [0.1, 0.15) is 33.6 Å². The van der Waals surface area contributed by atoms with E-state index in [1.54, 1.807) is 12.3 Å². The van der Waals surface area contributed by atoms with Crippen molar-refractivity contribution >= 4 is 17.2 Å². The molecule has 4 nitrogen and oxygen atoms in total. The third kappa shape index (κ3) is 3.51. The van der Waals surface area contributed by atoms with Gasteiger partial charge in [0.25, 0.3) is 5.91 Å². The average Bonchev–Trinajstić information content (AvgIpc) is 3.22. The number of thiazole rings is 1. The van der Waals surface area contributed by atoms with E-state index in [2.05, 4.69) is 41.5 Å². The van der Waals surface area contributed by atoms with E-state index in [1.807, 2.05) is 13.0 Å². The molecular formula is C18H18N2O2S. The maximum absolute atomic E-state index is 12.3. The number of carbonyl (C=O) groups excluding carboxylic acids is 1. The second-order valence-electron chi connectivity index (χ2n) is 5.25. The lowest BCUT2D eigenvalue weighted by atomic mass is 10.1. The normalized spacial score (nSPS) is 10.7. The van der Waals surface area contributed by atoms with Gasteiger partial charge in [-0.25, -0.2) is 4.98 Å². The zero-order valence-corrected chi connectivity index (χ0v) is 13.9. The number of aryl methyl sites for hydroxylation is 2. The highest BCUT2D eigenvalue weighted by atomic mass is 32.1. The molecule has 5 heteroatoms. The Labute approximate surface area is 139 Å². The molecule has 0 saturated heterocycles. The van der Waals surface area contributed by atoms with Crippen molar-refractivity contribution in [2.45, 2.75) is 26.8 Å². The van der Waals surface area contributed by atoms with Crippen LogP contribution in [0.4, 0.5) is 0 Å². The summed E-state index contributed by atoms with van der Waals surface area (Å²) in [5, 5.41) is 3.73. The largest absolute Gasteiger partial charge is 0.467 e.